The van der Waals surface area contributed by atoms with Crippen LogP contribution in [0.15, 0.2) is 36.5 Å². The van der Waals surface area contributed by atoms with Gasteiger partial charge in [-0.1, -0.05) is 18.2 Å². The Morgan fingerprint density at radius 1 is 1.31 bits per heavy atom. The lowest BCUT2D eigenvalue weighted by atomic mass is 9.90. The fraction of sp³-hybridized carbons (Fsp3) is 0.357. The van der Waals surface area contributed by atoms with Gasteiger partial charge in [0, 0.05) is 17.1 Å². The van der Waals surface area contributed by atoms with Crippen LogP contribution in [-0.2, 0) is 5.54 Å². The molecule has 0 spiro atoms. The van der Waals surface area contributed by atoms with Gasteiger partial charge >= 0.3 is 0 Å². The summed E-state index contributed by atoms with van der Waals surface area (Å²) in [6, 6.07) is 10.7. The summed E-state index contributed by atoms with van der Waals surface area (Å²) in [5.74, 6) is 0. The summed E-state index contributed by atoms with van der Waals surface area (Å²) in [7, 11) is 0. The number of rotatable bonds is 1. The Balaban J connectivity index is 2.11. The van der Waals surface area contributed by atoms with E-state index in [9.17, 15) is 0 Å². The average molecular weight is 212 g/mol. The quantitative estimate of drug-likeness (QED) is 0.786. The summed E-state index contributed by atoms with van der Waals surface area (Å²) in [5, 5.41) is 4.80. The van der Waals surface area contributed by atoms with E-state index in [1.807, 2.05) is 12.3 Å². The smallest absolute Gasteiger partial charge is 0.0705 e. The Morgan fingerprint density at radius 3 is 3.06 bits per heavy atom. The number of fused-ring (bicyclic) bond motifs is 1. The summed E-state index contributed by atoms with van der Waals surface area (Å²) in [6.45, 7) is 3.40. The minimum Gasteiger partial charge on any atom is -0.308 e. The fourth-order valence-corrected chi connectivity index (χ4v) is 2.55. The van der Waals surface area contributed by atoms with Crippen molar-refractivity contribution in [3.05, 3.63) is 42.1 Å². The third kappa shape index (κ3) is 1.50. The summed E-state index contributed by atoms with van der Waals surface area (Å²) < 4.78 is 0. The third-order valence-electron chi connectivity index (χ3n) is 3.61. The van der Waals surface area contributed by atoms with Crippen molar-refractivity contribution >= 4 is 10.9 Å². The predicted octanol–water partition coefficient (Wildman–Crippen LogP) is 2.83. The van der Waals surface area contributed by atoms with Crippen LogP contribution in [0.25, 0.3) is 10.9 Å². The van der Waals surface area contributed by atoms with E-state index in [4.69, 9.17) is 0 Å². The van der Waals surface area contributed by atoms with Crippen molar-refractivity contribution < 1.29 is 0 Å². The van der Waals surface area contributed by atoms with Gasteiger partial charge in [0.25, 0.3) is 0 Å². The Bertz CT molecular complexity index is 513. The summed E-state index contributed by atoms with van der Waals surface area (Å²) in [5.41, 5.74) is 2.59. The molecule has 1 atom stereocenters. The molecule has 0 aliphatic carbocycles. The maximum Gasteiger partial charge on any atom is 0.0705 e. The molecule has 3 rings (SSSR count). The summed E-state index contributed by atoms with van der Waals surface area (Å²) in [4.78, 5) is 4.42. The molecule has 2 aromatic rings. The molecule has 1 aliphatic rings. The molecule has 2 heterocycles. The SMILES string of the molecule is CC1(c2ccc3cccnc3c2)CCCN1. The molecule has 16 heavy (non-hydrogen) atoms. The van der Waals surface area contributed by atoms with Gasteiger partial charge in [-0.25, -0.2) is 0 Å². The zero-order valence-electron chi connectivity index (χ0n) is 9.53. The van der Waals surface area contributed by atoms with E-state index in [0.29, 0.717) is 0 Å². The number of nitrogens with one attached hydrogen (secondary N) is 1. The van der Waals surface area contributed by atoms with Crippen LogP contribution in [0.1, 0.15) is 25.3 Å². The van der Waals surface area contributed by atoms with Crippen LogP contribution in [0.2, 0.25) is 0 Å². The first-order valence-electron chi connectivity index (χ1n) is 5.88. The Morgan fingerprint density at radius 2 is 2.25 bits per heavy atom. The van der Waals surface area contributed by atoms with Crippen molar-refractivity contribution in [1.82, 2.24) is 10.3 Å². The average Bonchev–Trinajstić information content (AvgIpc) is 2.77. The molecular weight excluding hydrogens is 196 g/mol. The Kier molecular flexibility index (Phi) is 2.18. The van der Waals surface area contributed by atoms with Gasteiger partial charge in [0.05, 0.1) is 5.52 Å². The summed E-state index contributed by atoms with van der Waals surface area (Å²) in [6.07, 6.45) is 4.33. The van der Waals surface area contributed by atoms with Crippen LogP contribution in [0, 0.1) is 0 Å². The highest BCUT2D eigenvalue weighted by Gasteiger charge is 2.29. The molecule has 1 aromatic heterocycles. The first kappa shape index (κ1) is 9.79. The van der Waals surface area contributed by atoms with E-state index in [1.54, 1.807) is 0 Å². The molecule has 1 N–H and O–H groups in total. The summed E-state index contributed by atoms with van der Waals surface area (Å²) >= 11 is 0. The maximum absolute atomic E-state index is 4.42. The minimum atomic E-state index is 0.145. The molecule has 82 valence electrons. The molecule has 0 bridgehead atoms. The molecule has 0 radical (unpaired) electrons. The predicted molar refractivity (Wildman–Crippen MR) is 66.3 cm³/mol. The van der Waals surface area contributed by atoms with Gasteiger partial charge in [-0.3, -0.25) is 4.98 Å². The number of benzene rings is 1. The zero-order valence-corrected chi connectivity index (χ0v) is 9.53. The van der Waals surface area contributed by atoms with Crippen molar-refractivity contribution in [2.24, 2.45) is 0 Å². The largest absolute Gasteiger partial charge is 0.308 e. The molecule has 1 aliphatic heterocycles. The Hall–Kier alpha value is -1.41. The topological polar surface area (TPSA) is 24.9 Å². The number of pyridine rings is 1. The number of nitrogens with zero attached hydrogens (tertiary/aromatic N) is 1. The van der Waals surface area contributed by atoms with E-state index in [-0.39, 0.29) is 5.54 Å². The lowest BCUT2D eigenvalue weighted by molar-refractivity contribution is 0.435. The molecular formula is C14H16N2. The molecule has 1 unspecified atom stereocenters. The molecule has 0 amide bonds. The normalized spacial score (nSPS) is 25.1. The minimum absolute atomic E-state index is 0.145. The first-order valence-corrected chi connectivity index (χ1v) is 5.88. The molecule has 1 aromatic carbocycles. The Labute approximate surface area is 95.7 Å². The fourth-order valence-electron chi connectivity index (χ4n) is 2.55. The second-order valence-electron chi connectivity index (χ2n) is 4.77. The van der Waals surface area contributed by atoms with Crippen LogP contribution in [0.3, 0.4) is 0 Å². The van der Waals surface area contributed by atoms with Gasteiger partial charge < -0.3 is 5.32 Å². The highest BCUT2D eigenvalue weighted by atomic mass is 15.0. The van der Waals surface area contributed by atoms with E-state index >= 15 is 0 Å². The van der Waals surface area contributed by atoms with E-state index < -0.39 is 0 Å². The highest BCUT2D eigenvalue weighted by Crippen LogP contribution is 2.31. The van der Waals surface area contributed by atoms with Gasteiger partial charge in [-0.15, -0.1) is 0 Å². The number of hydrogen-bond acceptors (Lipinski definition) is 2. The molecule has 1 fully saturated rings. The molecule has 2 heteroatoms. The van der Waals surface area contributed by atoms with Gasteiger partial charge in [-0.2, -0.15) is 0 Å². The van der Waals surface area contributed by atoms with Crippen molar-refractivity contribution in [3.8, 4) is 0 Å². The van der Waals surface area contributed by atoms with Gasteiger partial charge in [0.1, 0.15) is 0 Å². The second kappa shape index (κ2) is 3.56. The van der Waals surface area contributed by atoms with E-state index in [2.05, 4.69) is 41.5 Å². The van der Waals surface area contributed by atoms with Gasteiger partial charge in [0.15, 0.2) is 0 Å². The first-order chi connectivity index (χ1) is 7.78. The maximum atomic E-state index is 4.42. The molecule has 0 saturated carbocycles. The van der Waals surface area contributed by atoms with Crippen LogP contribution < -0.4 is 5.32 Å². The van der Waals surface area contributed by atoms with Crippen molar-refractivity contribution in [3.63, 3.8) is 0 Å². The van der Waals surface area contributed by atoms with Crippen molar-refractivity contribution in [1.29, 1.82) is 0 Å². The molecule has 2 nitrogen and oxygen atoms in total. The van der Waals surface area contributed by atoms with Crippen LogP contribution >= 0.6 is 0 Å². The van der Waals surface area contributed by atoms with Gasteiger partial charge in [-0.05, 0) is 44.0 Å². The standard InChI is InChI=1S/C14H16N2/c1-14(7-3-9-16-14)12-6-5-11-4-2-8-15-13(11)10-12/h2,4-6,8,10,16H,3,7,9H2,1H3. The van der Waals surface area contributed by atoms with Crippen molar-refractivity contribution in [2.45, 2.75) is 25.3 Å². The highest BCUT2D eigenvalue weighted by molar-refractivity contribution is 5.79. The number of aromatic nitrogens is 1. The second-order valence-corrected chi connectivity index (χ2v) is 4.77. The van der Waals surface area contributed by atoms with Gasteiger partial charge in [0.2, 0.25) is 0 Å². The number of hydrogen-bond donors (Lipinski definition) is 1. The lowest BCUT2D eigenvalue weighted by Gasteiger charge is -2.25. The third-order valence-corrected chi connectivity index (χ3v) is 3.61. The monoisotopic (exact) mass is 212 g/mol. The zero-order chi connectivity index (χ0) is 11.0. The van der Waals surface area contributed by atoms with Crippen molar-refractivity contribution in [2.75, 3.05) is 6.54 Å². The van der Waals surface area contributed by atoms with E-state index in [0.717, 1.165) is 12.1 Å². The van der Waals surface area contributed by atoms with E-state index in [1.165, 1.54) is 23.8 Å². The lowest BCUT2D eigenvalue weighted by Crippen LogP contribution is -2.32. The van der Waals surface area contributed by atoms with Crippen LogP contribution in [0.4, 0.5) is 0 Å². The van der Waals surface area contributed by atoms with Crippen LogP contribution in [-0.4, -0.2) is 11.5 Å². The van der Waals surface area contributed by atoms with Crippen LogP contribution in [0.5, 0.6) is 0 Å². The molecule has 1 saturated heterocycles.